The molecule has 1 heterocycles. The minimum Gasteiger partial charge on any atom is -0.492 e. The Morgan fingerprint density at radius 1 is 0.972 bits per heavy atom. The molecule has 0 saturated heterocycles. The second kappa shape index (κ2) is 9.97. The van der Waals surface area contributed by atoms with Gasteiger partial charge in [-0.15, -0.1) is 0 Å². The molecule has 0 unspecified atom stereocenters. The number of nitrogens with one attached hydrogen (secondary N) is 1. The quantitative estimate of drug-likeness (QED) is 0.431. The van der Waals surface area contributed by atoms with Gasteiger partial charge in [-0.1, -0.05) is 71.0 Å². The number of carbonyl (C=O) groups is 1. The van der Waals surface area contributed by atoms with Gasteiger partial charge in [0.2, 0.25) is 5.91 Å². The first-order valence-electron chi connectivity index (χ1n) is 12.2. The molecule has 36 heavy (non-hydrogen) atoms. The van der Waals surface area contributed by atoms with Crippen LogP contribution in [0.1, 0.15) is 51.7 Å². The number of ether oxygens (including phenoxy) is 1. The fourth-order valence-corrected chi connectivity index (χ4v) is 5.92. The van der Waals surface area contributed by atoms with E-state index in [1.165, 1.54) is 9.87 Å². The van der Waals surface area contributed by atoms with E-state index < -0.39 is 10.0 Å². The van der Waals surface area contributed by atoms with E-state index in [0.717, 1.165) is 16.9 Å². The molecular formula is C29H34N2O4S. The minimum absolute atomic E-state index is 0.0663. The van der Waals surface area contributed by atoms with Gasteiger partial charge < -0.3 is 10.1 Å². The largest absolute Gasteiger partial charge is 0.492 e. The highest BCUT2D eigenvalue weighted by Gasteiger charge is 2.36. The number of hydrogen-bond acceptors (Lipinski definition) is 4. The lowest BCUT2D eigenvalue weighted by Crippen LogP contribution is -2.43. The fourth-order valence-electron chi connectivity index (χ4n) is 4.28. The van der Waals surface area contributed by atoms with Crippen molar-refractivity contribution in [2.24, 2.45) is 0 Å². The van der Waals surface area contributed by atoms with Crippen LogP contribution in [0.4, 0.5) is 5.69 Å². The number of fused-ring (bicyclic) bond motifs is 3. The zero-order chi connectivity index (χ0) is 26.1. The third kappa shape index (κ3) is 5.26. The topological polar surface area (TPSA) is 75.7 Å². The highest BCUT2D eigenvalue weighted by atomic mass is 32.2. The second-order valence-electron chi connectivity index (χ2n) is 10.4. The van der Waals surface area contributed by atoms with Crippen molar-refractivity contribution >= 4 is 21.6 Å². The molecule has 1 N–H and O–H groups in total. The first kappa shape index (κ1) is 25.8. The highest BCUT2D eigenvalue weighted by Crippen LogP contribution is 2.43. The summed E-state index contributed by atoms with van der Waals surface area (Å²) in [6.07, 6.45) is 0. The van der Waals surface area contributed by atoms with Crippen molar-refractivity contribution in [1.82, 2.24) is 5.32 Å². The van der Waals surface area contributed by atoms with Gasteiger partial charge in [-0.25, -0.2) is 8.42 Å². The Kier molecular flexibility index (Phi) is 7.14. The van der Waals surface area contributed by atoms with Crippen LogP contribution in [-0.4, -0.2) is 34.0 Å². The summed E-state index contributed by atoms with van der Waals surface area (Å²) >= 11 is 0. The Hall–Kier alpha value is -3.32. The van der Waals surface area contributed by atoms with Crippen LogP contribution in [-0.2, 0) is 20.2 Å². The molecule has 3 aromatic rings. The van der Waals surface area contributed by atoms with Crippen molar-refractivity contribution in [2.45, 2.75) is 50.8 Å². The standard InChI is InChI=1S/C29H34N2O4S/c1-20(2)21-10-15-26-25(18-21)24-8-6-7-9-27(24)36(33,34)31(26)19-28(32)30-16-17-35-23-13-11-22(12-14-23)29(3,4)5/h6-15,18,20H,16-17,19H2,1-5H3,(H,30,32). The molecule has 0 aromatic heterocycles. The van der Waals surface area contributed by atoms with Crippen LogP contribution in [0.15, 0.2) is 71.6 Å². The highest BCUT2D eigenvalue weighted by molar-refractivity contribution is 7.93. The van der Waals surface area contributed by atoms with Gasteiger partial charge in [0.15, 0.2) is 0 Å². The lowest BCUT2D eigenvalue weighted by Gasteiger charge is -2.32. The molecule has 7 heteroatoms. The van der Waals surface area contributed by atoms with E-state index in [1.54, 1.807) is 18.2 Å². The first-order valence-corrected chi connectivity index (χ1v) is 13.7. The number of amides is 1. The van der Waals surface area contributed by atoms with E-state index >= 15 is 0 Å². The van der Waals surface area contributed by atoms with Crippen molar-refractivity contribution in [1.29, 1.82) is 0 Å². The predicted molar refractivity (Wildman–Crippen MR) is 144 cm³/mol. The fraction of sp³-hybridized carbons (Fsp3) is 0.345. The summed E-state index contributed by atoms with van der Waals surface area (Å²) in [5.41, 5.74) is 4.40. The van der Waals surface area contributed by atoms with Gasteiger partial charge in [-0.05, 0) is 52.8 Å². The molecule has 0 bridgehead atoms. The molecule has 1 aliphatic heterocycles. The van der Waals surface area contributed by atoms with Gasteiger partial charge in [0.05, 0.1) is 17.1 Å². The summed E-state index contributed by atoms with van der Waals surface area (Å²) in [7, 11) is -3.87. The van der Waals surface area contributed by atoms with Crippen LogP contribution in [0, 0.1) is 0 Å². The molecule has 0 saturated carbocycles. The summed E-state index contributed by atoms with van der Waals surface area (Å²) < 4.78 is 33.9. The maximum atomic E-state index is 13.5. The predicted octanol–water partition coefficient (Wildman–Crippen LogP) is 5.48. The van der Waals surface area contributed by atoms with Crippen molar-refractivity contribution in [3.8, 4) is 16.9 Å². The van der Waals surface area contributed by atoms with E-state index in [9.17, 15) is 13.2 Å². The molecule has 0 aliphatic carbocycles. The van der Waals surface area contributed by atoms with Crippen molar-refractivity contribution in [3.05, 3.63) is 77.9 Å². The summed E-state index contributed by atoms with van der Waals surface area (Å²) in [5.74, 6) is 0.633. The number of nitrogens with zero attached hydrogens (tertiary/aromatic N) is 1. The van der Waals surface area contributed by atoms with Gasteiger partial charge in [0.25, 0.3) is 10.0 Å². The first-order chi connectivity index (χ1) is 17.0. The Morgan fingerprint density at radius 2 is 1.67 bits per heavy atom. The van der Waals surface area contributed by atoms with Crippen LogP contribution in [0.2, 0.25) is 0 Å². The number of carbonyl (C=O) groups excluding carboxylic acids is 1. The zero-order valence-electron chi connectivity index (χ0n) is 21.5. The van der Waals surface area contributed by atoms with E-state index in [-0.39, 0.29) is 35.9 Å². The van der Waals surface area contributed by atoms with Crippen LogP contribution in [0.25, 0.3) is 11.1 Å². The average Bonchev–Trinajstić information content (AvgIpc) is 2.84. The lowest BCUT2D eigenvalue weighted by molar-refractivity contribution is -0.119. The summed E-state index contributed by atoms with van der Waals surface area (Å²) in [4.78, 5) is 13.0. The summed E-state index contributed by atoms with van der Waals surface area (Å²) in [5, 5.41) is 2.79. The molecule has 0 atom stereocenters. The molecule has 6 nitrogen and oxygen atoms in total. The number of rotatable bonds is 7. The molecule has 4 rings (SSSR count). The summed E-state index contributed by atoms with van der Waals surface area (Å²) in [6.45, 7) is 10.9. The van der Waals surface area contributed by atoms with Gasteiger partial charge in [0.1, 0.15) is 18.9 Å². The molecule has 0 fully saturated rings. The van der Waals surface area contributed by atoms with Gasteiger partial charge in [-0.2, -0.15) is 0 Å². The summed E-state index contributed by atoms with van der Waals surface area (Å²) in [6, 6.07) is 20.6. The third-order valence-electron chi connectivity index (χ3n) is 6.40. The van der Waals surface area contributed by atoms with Gasteiger partial charge >= 0.3 is 0 Å². The Morgan fingerprint density at radius 3 is 2.33 bits per heavy atom. The Bertz CT molecular complexity index is 1360. The average molecular weight is 507 g/mol. The van der Waals surface area contributed by atoms with E-state index in [0.29, 0.717) is 17.2 Å². The van der Waals surface area contributed by atoms with Gasteiger partial charge in [-0.3, -0.25) is 9.10 Å². The number of hydrogen-bond donors (Lipinski definition) is 1. The Balaban J connectivity index is 1.45. The maximum Gasteiger partial charge on any atom is 0.265 e. The van der Waals surface area contributed by atoms with E-state index in [1.807, 2.05) is 48.5 Å². The van der Waals surface area contributed by atoms with Crippen molar-refractivity contribution in [2.75, 3.05) is 24.0 Å². The van der Waals surface area contributed by atoms with Crippen LogP contribution in [0.3, 0.4) is 0 Å². The Labute approximate surface area is 214 Å². The van der Waals surface area contributed by atoms with E-state index in [2.05, 4.69) is 39.9 Å². The molecule has 0 spiro atoms. The smallest absolute Gasteiger partial charge is 0.265 e. The normalized spacial score (nSPS) is 14.2. The number of sulfonamides is 1. The molecule has 0 radical (unpaired) electrons. The molecule has 1 amide bonds. The number of anilines is 1. The lowest BCUT2D eigenvalue weighted by atomic mass is 9.87. The molecule has 3 aromatic carbocycles. The van der Waals surface area contributed by atoms with E-state index in [4.69, 9.17) is 4.74 Å². The van der Waals surface area contributed by atoms with Crippen LogP contribution in [0.5, 0.6) is 5.75 Å². The molecule has 190 valence electrons. The van der Waals surface area contributed by atoms with Crippen molar-refractivity contribution in [3.63, 3.8) is 0 Å². The monoisotopic (exact) mass is 506 g/mol. The maximum absolute atomic E-state index is 13.5. The van der Waals surface area contributed by atoms with Crippen molar-refractivity contribution < 1.29 is 17.9 Å². The SMILES string of the molecule is CC(C)c1ccc2c(c1)-c1ccccc1S(=O)(=O)N2CC(=O)NCCOc1ccc(C(C)(C)C)cc1. The third-order valence-corrected chi connectivity index (χ3v) is 8.22. The van der Waals surface area contributed by atoms with Crippen LogP contribution >= 0.6 is 0 Å². The molecular weight excluding hydrogens is 472 g/mol. The number of benzene rings is 3. The zero-order valence-corrected chi connectivity index (χ0v) is 22.4. The van der Waals surface area contributed by atoms with Gasteiger partial charge in [0, 0.05) is 11.1 Å². The molecule has 1 aliphatic rings. The minimum atomic E-state index is -3.87. The van der Waals surface area contributed by atoms with Crippen LogP contribution < -0.4 is 14.4 Å². The second-order valence-corrected chi connectivity index (χ2v) is 12.2.